The summed E-state index contributed by atoms with van der Waals surface area (Å²) in [5.41, 5.74) is 4.98. The Kier molecular flexibility index (Phi) is 12.2. The number of benzene rings is 2. The Labute approximate surface area is 312 Å². The summed E-state index contributed by atoms with van der Waals surface area (Å²) >= 11 is 0. The normalized spacial score (nSPS) is 18.6. The summed E-state index contributed by atoms with van der Waals surface area (Å²) in [5.74, 6) is 1.61. The van der Waals surface area contributed by atoms with Gasteiger partial charge in [0.1, 0.15) is 43.5 Å². The fourth-order valence-electron chi connectivity index (χ4n) is 6.68. The molecule has 0 bridgehead atoms. The Bertz CT molecular complexity index is 2020. The number of hydrogen-bond donors (Lipinski definition) is 1. The minimum absolute atomic E-state index is 0.147. The van der Waals surface area contributed by atoms with Crippen LogP contribution in [0.25, 0.3) is 22.5 Å². The number of fused-ring (bicyclic) bond motifs is 6. The second kappa shape index (κ2) is 17.6. The molecule has 0 spiro atoms. The molecule has 1 N–H and O–H groups in total. The Balaban J connectivity index is 0.000000171. The van der Waals surface area contributed by atoms with Gasteiger partial charge in [-0.15, -0.1) is 0 Å². The van der Waals surface area contributed by atoms with Crippen molar-refractivity contribution < 1.29 is 43.0 Å². The van der Waals surface area contributed by atoms with Crippen LogP contribution in [0.5, 0.6) is 23.3 Å². The van der Waals surface area contributed by atoms with Crippen LogP contribution in [-0.4, -0.2) is 109 Å². The van der Waals surface area contributed by atoms with E-state index in [9.17, 15) is 14.7 Å². The zero-order valence-electron chi connectivity index (χ0n) is 30.6. The first-order chi connectivity index (χ1) is 26.3. The summed E-state index contributed by atoms with van der Waals surface area (Å²) in [6.07, 6.45) is 1.33. The maximum absolute atomic E-state index is 12.5. The van der Waals surface area contributed by atoms with E-state index in [-0.39, 0.29) is 41.3 Å². The summed E-state index contributed by atoms with van der Waals surface area (Å²) in [7, 11) is 0. The Hall–Kier alpha value is -4.80. The van der Waals surface area contributed by atoms with Gasteiger partial charge in [-0.25, -0.2) is 9.59 Å². The number of phenols is 1. The van der Waals surface area contributed by atoms with E-state index < -0.39 is 0 Å². The molecular weight excluding hydrogens is 700 g/mol. The summed E-state index contributed by atoms with van der Waals surface area (Å²) < 4.78 is 47.9. The van der Waals surface area contributed by atoms with Crippen molar-refractivity contribution in [3.05, 3.63) is 80.6 Å². The van der Waals surface area contributed by atoms with Crippen molar-refractivity contribution in [2.24, 2.45) is 0 Å². The van der Waals surface area contributed by atoms with Crippen molar-refractivity contribution in [1.82, 2.24) is 19.1 Å². The Morgan fingerprint density at radius 1 is 0.722 bits per heavy atom. The molecule has 0 aliphatic carbocycles. The molecule has 6 heterocycles. The van der Waals surface area contributed by atoms with Crippen molar-refractivity contribution in [3.63, 3.8) is 0 Å². The highest BCUT2D eigenvalue weighted by Crippen LogP contribution is 2.33. The lowest BCUT2D eigenvalue weighted by atomic mass is 9.97. The van der Waals surface area contributed by atoms with E-state index in [0.717, 1.165) is 45.8 Å². The average molecular weight is 747 g/mol. The van der Waals surface area contributed by atoms with Crippen LogP contribution in [0.4, 0.5) is 0 Å². The molecule has 8 rings (SSSR count). The Morgan fingerprint density at radius 2 is 1.28 bits per heavy atom. The topological polar surface area (TPSA) is 164 Å². The van der Waals surface area contributed by atoms with Crippen LogP contribution < -0.4 is 25.6 Å². The molecule has 4 aliphatic rings. The van der Waals surface area contributed by atoms with Crippen molar-refractivity contribution in [1.29, 1.82) is 0 Å². The van der Waals surface area contributed by atoms with Crippen LogP contribution in [0.15, 0.2) is 58.1 Å². The number of rotatable bonds is 11. The predicted octanol–water partition coefficient (Wildman–Crippen LogP) is 3.03. The highest BCUT2D eigenvalue weighted by molar-refractivity contribution is 5.68. The molecule has 15 heteroatoms. The van der Waals surface area contributed by atoms with Gasteiger partial charge < -0.3 is 43.0 Å². The Morgan fingerprint density at radius 3 is 1.81 bits per heavy atom. The standard InChI is InChI=1S/C22H28N2O6.C17H18N2O5/c1-15(2)27-9-10-28-17-3-4-19-16(11-17)5-6-24-20(19)12-21(23-22(24)25)30-14-18-13-26-7-8-29-18;20-12-1-2-14-11(7-12)3-4-19-15(14)8-16(18-17(19)21)24-10-13-9-22-5-6-23-13/h3-4,11-12,15,18H,5-10,13-14H2,1-2H3;1-2,7-8,13,20H,3-6,9-10H2/t18-;13-/m00/s1. The highest BCUT2D eigenvalue weighted by Gasteiger charge is 2.23. The van der Waals surface area contributed by atoms with Gasteiger partial charge in [0, 0.05) is 36.3 Å². The van der Waals surface area contributed by atoms with Crippen LogP contribution >= 0.6 is 0 Å². The lowest BCUT2D eigenvalue weighted by Gasteiger charge is -2.24. The van der Waals surface area contributed by atoms with E-state index in [4.69, 9.17) is 37.9 Å². The van der Waals surface area contributed by atoms with Gasteiger partial charge in [-0.3, -0.25) is 9.13 Å². The van der Waals surface area contributed by atoms with Crippen molar-refractivity contribution in [2.75, 3.05) is 66.1 Å². The molecule has 0 saturated carbocycles. The van der Waals surface area contributed by atoms with Gasteiger partial charge in [0.15, 0.2) is 0 Å². The van der Waals surface area contributed by atoms with Crippen molar-refractivity contribution in [2.45, 2.75) is 58.1 Å². The van der Waals surface area contributed by atoms with Crippen LogP contribution in [0.2, 0.25) is 0 Å². The number of phenolic OH excluding ortho intramolecular Hbond substituents is 1. The molecule has 15 nitrogen and oxygen atoms in total. The molecule has 2 aromatic carbocycles. The van der Waals surface area contributed by atoms with Crippen LogP contribution in [-0.2, 0) is 49.6 Å². The number of aryl methyl sites for hydroxylation is 2. The second-order valence-corrected chi connectivity index (χ2v) is 13.5. The van der Waals surface area contributed by atoms with Gasteiger partial charge in [-0.05, 0) is 74.2 Å². The van der Waals surface area contributed by atoms with Crippen molar-refractivity contribution in [3.8, 4) is 45.8 Å². The molecule has 2 aromatic heterocycles. The third-order valence-electron chi connectivity index (χ3n) is 9.31. The molecule has 54 heavy (non-hydrogen) atoms. The maximum atomic E-state index is 12.5. The zero-order valence-corrected chi connectivity index (χ0v) is 30.6. The molecule has 288 valence electrons. The van der Waals surface area contributed by atoms with E-state index in [2.05, 4.69) is 9.97 Å². The number of nitrogens with zero attached hydrogens (tertiary/aromatic N) is 4. The van der Waals surface area contributed by atoms with Gasteiger partial charge >= 0.3 is 11.4 Å². The lowest BCUT2D eigenvalue weighted by molar-refractivity contribution is -0.102. The molecule has 2 saturated heterocycles. The van der Waals surface area contributed by atoms with Crippen molar-refractivity contribution >= 4 is 0 Å². The smallest absolute Gasteiger partial charge is 0.351 e. The maximum Gasteiger partial charge on any atom is 0.351 e. The fraction of sp³-hybridized carbons (Fsp3) is 0.487. The molecule has 2 atom stereocenters. The first kappa shape index (κ1) is 37.5. The molecule has 2 fully saturated rings. The lowest BCUT2D eigenvalue weighted by Crippen LogP contribution is -2.34. The number of ether oxygens (including phenoxy) is 8. The molecular formula is C39H46N4O11. The van der Waals surface area contributed by atoms with Crippen LogP contribution in [0.1, 0.15) is 25.0 Å². The molecule has 0 radical (unpaired) electrons. The molecule has 0 amide bonds. The summed E-state index contributed by atoms with van der Waals surface area (Å²) in [6, 6.07) is 14.7. The number of aromatic nitrogens is 4. The SMILES string of the molecule is CC(C)OCCOc1ccc2c(c1)CCn1c-2cc(OC[C@@H]2COCCO2)nc1=O.O=c1nc(OC[C@@H]2COCCO2)cc2n1CCc1cc(O)ccc1-2. The fourth-order valence-corrected chi connectivity index (χ4v) is 6.68. The minimum Gasteiger partial charge on any atom is -0.508 e. The van der Waals surface area contributed by atoms with E-state index in [0.29, 0.717) is 91.5 Å². The number of aromatic hydroxyl groups is 1. The monoisotopic (exact) mass is 746 g/mol. The van der Waals surface area contributed by atoms with Gasteiger partial charge in [-0.2, -0.15) is 9.97 Å². The van der Waals surface area contributed by atoms with Gasteiger partial charge in [-0.1, -0.05) is 0 Å². The third-order valence-corrected chi connectivity index (χ3v) is 9.31. The number of hydrogen-bond acceptors (Lipinski definition) is 13. The first-order valence-corrected chi connectivity index (χ1v) is 18.4. The zero-order chi connectivity index (χ0) is 37.4. The molecule has 4 aromatic rings. The molecule has 4 aliphatic heterocycles. The van der Waals surface area contributed by atoms with Gasteiger partial charge in [0.25, 0.3) is 0 Å². The quantitative estimate of drug-likeness (QED) is 0.223. The van der Waals surface area contributed by atoms with E-state index in [1.165, 1.54) is 0 Å². The largest absolute Gasteiger partial charge is 0.508 e. The predicted molar refractivity (Wildman–Crippen MR) is 196 cm³/mol. The third kappa shape index (κ3) is 9.28. The second-order valence-electron chi connectivity index (χ2n) is 13.5. The van der Waals surface area contributed by atoms with Crippen LogP contribution in [0.3, 0.4) is 0 Å². The highest BCUT2D eigenvalue weighted by atomic mass is 16.6. The average Bonchev–Trinajstić information content (AvgIpc) is 3.18. The minimum atomic E-state index is -0.331. The summed E-state index contributed by atoms with van der Waals surface area (Å²) in [5, 5.41) is 9.64. The summed E-state index contributed by atoms with van der Waals surface area (Å²) in [4.78, 5) is 32.9. The van der Waals surface area contributed by atoms with E-state index >= 15 is 0 Å². The van der Waals surface area contributed by atoms with Gasteiger partial charge in [0.2, 0.25) is 11.8 Å². The molecule has 0 unspecified atom stereocenters. The van der Waals surface area contributed by atoms with E-state index in [1.807, 2.05) is 44.2 Å². The van der Waals surface area contributed by atoms with Crippen LogP contribution in [0, 0.1) is 0 Å². The van der Waals surface area contributed by atoms with E-state index in [1.54, 1.807) is 27.3 Å². The summed E-state index contributed by atoms with van der Waals surface area (Å²) in [6.45, 7) is 10.0. The first-order valence-electron chi connectivity index (χ1n) is 18.4. The van der Waals surface area contributed by atoms with Gasteiger partial charge in [0.05, 0.1) is 63.7 Å².